The summed E-state index contributed by atoms with van der Waals surface area (Å²) < 4.78 is 5.67. The molecule has 1 saturated heterocycles. The van der Waals surface area contributed by atoms with Crippen LogP contribution in [-0.2, 0) is 9.53 Å². The zero-order chi connectivity index (χ0) is 12.3. The number of rotatable bonds is 5. The highest BCUT2D eigenvalue weighted by atomic mass is 16.5. The lowest BCUT2D eigenvalue weighted by atomic mass is 9.85. The second-order valence-corrected chi connectivity index (χ2v) is 5.23. The Morgan fingerprint density at radius 1 is 1.35 bits per heavy atom. The number of nitrogens with zero attached hydrogens (tertiary/aromatic N) is 1. The summed E-state index contributed by atoms with van der Waals surface area (Å²) in [6.45, 7) is 4.29. The van der Waals surface area contributed by atoms with Crippen LogP contribution in [0.4, 0.5) is 0 Å². The lowest BCUT2D eigenvalue weighted by Crippen LogP contribution is -2.43. The molecule has 4 nitrogen and oxygen atoms in total. The summed E-state index contributed by atoms with van der Waals surface area (Å²) >= 11 is 0. The molecule has 0 aromatic carbocycles. The highest BCUT2D eigenvalue weighted by Gasteiger charge is 2.33. The van der Waals surface area contributed by atoms with Gasteiger partial charge in [0.15, 0.2) is 0 Å². The zero-order valence-corrected chi connectivity index (χ0v) is 10.7. The molecule has 98 valence electrons. The van der Waals surface area contributed by atoms with Gasteiger partial charge in [-0.2, -0.15) is 0 Å². The van der Waals surface area contributed by atoms with E-state index in [1.807, 2.05) is 11.8 Å². The summed E-state index contributed by atoms with van der Waals surface area (Å²) in [4.78, 5) is 14.2. The normalized spacial score (nSPS) is 29.1. The number of hydrogen-bond donors (Lipinski definition) is 1. The molecule has 1 amide bonds. The molecule has 0 radical (unpaired) electrons. The van der Waals surface area contributed by atoms with Gasteiger partial charge in [0.2, 0.25) is 0 Å². The SMILES string of the molecule is CCN(CC1CCC1)C(=O)C1CCC(CN)O1. The van der Waals surface area contributed by atoms with Crippen molar-refractivity contribution in [2.75, 3.05) is 19.6 Å². The fraction of sp³-hybridized carbons (Fsp3) is 0.923. The van der Waals surface area contributed by atoms with Gasteiger partial charge in [0.25, 0.3) is 5.91 Å². The van der Waals surface area contributed by atoms with E-state index in [1.54, 1.807) is 0 Å². The maximum absolute atomic E-state index is 12.3. The van der Waals surface area contributed by atoms with E-state index >= 15 is 0 Å². The van der Waals surface area contributed by atoms with Crippen molar-refractivity contribution in [2.45, 2.75) is 51.2 Å². The first-order chi connectivity index (χ1) is 8.24. The predicted molar refractivity (Wildman–Crippen MR) is 66.5 cm³/mol. The van der Waals surface area contributed by atoms with Crippen LogP contribution in [0.15, 0.2) is 0 Å². The summed E-state index contributed by atoms with van der Waals surface area (Å²) in [5.41, 5.74) is 5.57. The molecular formula is C13H24N2O2. The summed E-state index contributed by atoms with van der Waals surface area (Å²) in [6.07, 6.45) is 5.50. The molecule has 1 aliphatic heterocycles. The van der Waals surface area contributed by atoms with Crippen LogP contribution in [0.1, 0.15) is 39.0 Å². The number of carbonyl (C=O) groups is 1. The standard InChI is InChI=1S/C13H24N2O2/c1-2-15(9-10-4-3-5-10)13(16)12-7-6-11(8-14)17-12/h10-12H,2-9,14H2,1H3. The summed E-state index contributed by atoms with van der Waals surface area (Å²) in [6, 6.07) is 0. The van der Waals surface area contributed by atoms with E-state index in [2.05, 4.69) is 0 Å². The maximum Gasteiger partial charge on any atom is 0.251 e. The zero-order valence-electron chi connectivity index (χ0n) is 10.7. The third kappa shape index (κ3) is 2.99. The van der Waals surface area contributed by atoms with E-state index < -0.39 is 0 Å². The largest absolute Gasteiger partial charge is 0.364 e. The molecule has 2 fully saturated rings. The number of nitrogens with two attached hydrogens (primary N) is 1. The molecule has 2 unspecified atom stereocenters. The second-order valence-electron chi connectivity index (χ2n) is 5.23. The highest BCUT2D eigenvalue weighted by Crippen LogP contribution is 2.28. The predicted octanol–water partition coefficient (Wildman–Crippen LogP) is 1.14. The van der Waals surface area contributed by atoms with E-state index in [0.29, 0.717) is 6.54 Å². The third-order valence-electron chi connectivity index (χ3n) is 4.04. The molecular weight excluding hydrogens is 216 g/mol. The first kappa shape index (κ1) is 12.8. The number of likely N-dealkylation sites (N-methyl/N-ethyl adjacent to an activating group) is 1. The third-order valence-corrected chi connectivity index (χ3v) is 4.04. The van der Waals surface area contributed by atoms with Crippen LogP contribution in [-0.4, -0.2) is 42.6 Å². The Balaban J connectivity index is 1.83. The van der Waals surface area contributed by atoms with Crippen LogP contribution in [0, 0.1) is 5.92 Å². The number of carbonyl (C=O) groups excluding carboxylic acids is 1. The van der Waals surface area contributed by atoms with Gasteiger partial charge >= 0.3 is 0 Å². The summed E-state index contributed by atoms with van der Waals surface area (Å²) in [5.74, 6) is 0.904. The van der Waals surface area contributed by atoms with Gasteiger partial charge in [0.1, 0.15) is 6.10 Å². The highest BCUT2D eigenvalue weighted by molar-refractivity contribution is 5.81. The van der Waals surface area contributed by atoms with Crippen molar-refractivity contribution in [1.29, 1.82) is 0 Å². The molecule has 0 spiro atoms. The molecule has 17 heavy (non-hydrogen) atoms. The monoisotopic (exact) mass is 240 g/mol. The molecule has 2 aliphatic rings. The van der Waals surface area contributed by atoms with E-state index in [4.69, 9.17) is 10.5 Å². The second kappa shape index (κ2) is 5.83. The Kier molecular flexibility index (Phi) is 4.40. The van der Waals surface area contributed by atoms with E-state index in [9.17, 15) is 4.79 Å². The minimum Gasteiger partial charge on any atom is -0.364 e. The van der Waals surface area contributed by atoms with Gasteiger partial charge < -0.3 is 15.4 Å². The molecule has 2 rings (SSSR count). The van der Waals surface area contributed by atoms with Gasteiger partial charge in [-0.1, -0.05) is 6.42 Å². The van der Waals surface area contributed by atoms with Crippen molar-refractivity contribution < 1.29 is 9.53 Å². The first-order valence-corrected chi connectivity index (χ1v) is 6.89. The quantitative estimate of drug-likeness (QED) is 0.784. The molecule has 1 heterocycles. The van der Waals surface area contributed by atoms with Crippen molar-refractivity contribution >= 4 is 5.91 Å². The van der Waals surface area contributed by atoms with Gasteiger partial charge in [0.05, 0.1) is 6.10 Å². The van der Waals surface area contributed by atoms with Crippen molar-refractivity contribution in [3.63, 3.8) is 0 Å². The van der Waals surface area contributed by atoms with Gasteiger partial charge in [0, 0.05) is 19.6 Å². The minimum absolute atomic E-state index is 0.0892. The summed E-state index contributed by atoms with van der Waals surface area (Å²) in [5, 5.41) is 0. The molecule has 0 bridgehead atoms. The van der Waals surface area contributed by atoms with E-state index in [0.717, 1.165) is 31.8 Å². The molecule has 0 aromatic heterocycles. The van der Waals surface area contributed by atoms with Crippen molar-refractivity contribution in [2.24, 2.45) is 11.7 Å². The van der Waals surface area contributed by atoms with Gasteiger partial charge in [-0.3, -0.25) is 4.79 Å². The fourth-order valence-electron chi connectivity index (χ4n) is 2.63. The number of hydrogen-bond acceptors (Lipinski definition) is 3. The molecule has 4 heteroatoms. The lowest BCUT2D eigenvalue weighted by Gasteiger charge is -2.33. The van der Waals surface area contributed by atoms with Gasteiger partial charge in [-0.15, -0.1) is 0 Å². The van der Waals surface area contributed by atoms with Crippen LogP contribution in [0.3, 0.4) is 0 Å². The average Bonchev–Trinajstić information content (AvgIpc) is 2.75. The van der Waals surface area contributed by atoms with Crippen molar-refractivity contribution in [3.8, 4) is 0 Å². The number of amides is 1. The van der Waals surface area contributed by atoms with Crippen LogP contribution in [0.5, 0.6) is 0 Å². The molecule has 2 N–H and O–H groups in total. The molecule has 1 saturated carbocycles. The Labute approximate surface area is 103 Å². The first-order valence-electron chi connectivity index (χ1n) is 6.89. The molecule has 1 aliphatic carbocycles. The van der Waals surface area contributed by atoms with Crippen LogP contribution < -0.4 is 5.73 Å². The van der Waals surface area contributed by atoms with Crippen LogP contribution >= 0.6 is 0 Å². The Morgan fingerprint density at radius 2 is 2.12 bits per heavy atom. The number of ether oxygens (including phenoxy) is 1. The van der Waals surface area contributed by atoms with Crippen LogP contribution in [0.25, 0.3) is 0 Å². The minimum atomic E-state index is -0.233. The van der Waals surface area contributed by atoms with Crippen molar-refractivity contribution in [1.82, 2.24) is 4.90 Å². The van der Waals surface area contributed by atoms with Gasteiger partial charge in [-0.25, -0.2) is 0 Å². The van der Waals surface area contributed by atoms with Gasteiger partial charge in [-0.05, 0) is 38.5 Å². The average molecular weight is 240 g/mol. The Hall–Kier alpha value is -0.610. The maximum atomic E-state index is 12.3. The Bertz CT molecular complexity index is 266. The lowest BCUT2D eigenvalue weighted by molar-refractivity contribution is -0.143. The van der Waals surface area contributed by atoms with Crippen molar-refractivity contribution in [3.05, 3.63) is 0 Å². The topological polar surface area (TPSA) is 55.6 Å². The fourth-order valence-corrected chi connectivity index (χ4v) is 2.63. The molecule has 2 atom stereocenters. The van der Waals surface area contributed by atoms with E-state index in [1.165, 1.54) is 19.3 Å². The summed E-state index contributed by atoms with van der Waals surface area (Å²) in [7, 11) is 0. The van der Waals surface area contributed by atoms with Crippen LogP contribution in [0.2, 0.25) is 0 Å². The van der Waals surface area contributed by atoms with E-state index in [-0.39, 0.29) is 18.1 Å². The Morgan fingerprint density at radius 3 is 2.59 bits per heavy atom. The molecule has 0 aromatic rings. The smallest absolute Gasteiger partial charge is 0.251 e.